The number of nitrogens with zero attached hydrogens (tertiary/aromatic N) is 1. The lowest BCUT2D eigenvalue weighted by Gasteiger charge is -2.07. The molecule has 0 aliphatic carbocycles. The number of allylic oxidation sites excluding steroid dienone is 1. The second-order valence-corrected chi connectivity index (χ2v) is 1.87. The van der Waals surface area contributed by atoms with Crippen molar-refractivity contribution < 1.29 is 0 Å². The summed E-state index contributed by atoms with van der Waals surface area (Å²) in [5.41, 5.74) is 0. The van der Waals surface area contributed by atoms with E-state index in [0.29, 0.717) is 0 Å². The lowest BCUT2D eigenvalue weighted by atomic mass is 10.4. The molecular formula is C7H15N. The van der Waals surface area contributed by atoms with E-state index in [-0.39, 0.29) is 0 Å². The van der Waals surface area contributed by atoms with Crippen LogP contribution >= 0.6 is 0 Å². The van der Waals surface area contributed by atoms with Crippen molar-refractivity contribution in [3.8, 4) is 0 Å². The van der Waals surface area contributed by atoms with Gasteiger partial charge in [-0.3, -0.25) is 0 Å². The minimum atomic E-state index is 1.09. The normalized spacial score (nSPS) is 10.4. The van der Waals surface area contributed by atoms with E-state index in [1.807, 2.05) is 0 Å². The molecule has 0 rings (SSSR count). The molecule has 0 saturated carbocycles. The van der Waals surface area contributed by atoms with Crippen LogP contribution < -0.4 is 0 Å². The molecule has 0 N–H and O–H groups in total. The number of rotatable bonds is 3. The average Bonchev–Trinajstić information content (AvgIpc) is 1.83. The molecule has 8 heavy (non-hydrogen) atoms. The van der Waals surface area contributed by atoms with Crippen molar-refractivity contribution in [2.24, 2.45) is 0 Å². The summed E-state index contributed by atoms with van der Waals surface area (Å²) in [7, 11) is 2.08. The summed E-state index contributed by atoms with van der Waals surface area (Å²) < 4.78 is 0. The first-order valence-corrected chi connectivity index (χ1v) is 3.18. The Morgan fingerprint density at radius 1 is 1.38 bits per heavy atom. The van der Waals surface area contributed by atoms with E-state index >= 15 is 0 Å². The Kier molecular flexibility index (Phi) is 4.42. The van der Waals surface area contributed by atoms with Crippen LogP contribution in [-0.4, -0.2) is 18.5 Å². The molecule has 0 bridgehead atoms. The van der Waals surface area contributed by atoms with Gasteiger partial charge in [0.25, 0.3) is 0 Å². The third-order valence-corrected chi connectivity index (χ3v) is 1.09. The van der Waals surface area contributed by atoms with Gasteiger partial charge in [0, 0.05) is 13.6 Å². The minimum Gasteiger partial charge on any atom is -0.381 e. The van der Waals surface area contributed by atoms with E-state index in [1.54, 1.807) is 0 Å². The van der Waals surface area contributed by atoms with Crippen LogP contribution in [0.25, 0.3) is 0 Å². The molecule has 0 heterocycles. The van der Waals surface area contributed by atoms with Gasteiger partial charge in [-0.2, -0.15) is 0 Å². The summed E-state index contributed by atoms with van der Waals surface area (Å²) in [4.78, 5) is 2.16. The number of hydrogen-bond acceptors (Lipinski definition) is 1. The molecule has 1 nitrogen and oxygen atoms in total. The third kappa shape index (κ3) is 3.72. The van der Waals surface area contributed by atoms with Crippen LogP contribution in [0.1, 0.15) is 20.3 Å². The van der Waals surface area contributed by atoms with Crippen LogP contribution in [0.3, 0.4) is 0 Å². The standard InChI is InChI=1S/C7H15N/c1-4-6-7-8(3)5-2/h6-7H,4-5H2,1-3H3/b7-6-. The van der Waals surface area contributed by atoms with Gasteiger partial charge in [-0.15, -0.1) is 0 Å². The van der Waals surface area contributed by atoms with Gasteiger partial charge in [0.05, 0.1) is 0 Å². The van der Waals surface area contributed by atoms with Gasteiger partial charge in [0.2, 0.25) is 0 Å². The van der Waals surface area contributed by atoms with Crippen LogP contribution in [0.15, 0.2) is 12.3 Å². The van der Waals surface area contributed by atoms with Crippen LogP contribution in [0.4, 0.5) is 0 Å². The zero-order valence-corrected chi connectivity index (χ0v) is 6.02. The fourth-order valence-electron chi connectivity index (χ4n) is 0.391. The summed E-state index contributed by atoms with van der Waals surface area (Å²) in [5.74, 6) is 0. The molecule has 0 radical (unpaired) electrons. The molecule has 48 valence electrons. The van der Waals surface area contributed by atoms with Crippen molar-refractivity contribution in [3.63, 3.8) is 0 Å². The topological polar surface area (TPSA) is 3.24 Å². The van der Waals surface area contributed by atoms with Gasteiger partial charge in [0.15, 0.2) is 0 Å². The highest BCUT2D eigenvalue weighted by atomic mass is 15.1. The average molecular weight is 113 g/mol. The van der Waals surface area contributed by atoms with Crippen molar-refractivity contribution in [2.45, 2.75) is 20.3 Å². The Balaban J connectivity index is 3.21. The molecule has 0 fully saturated rings. The predicted molar refractivity (Wildman–Crippen MR) is 37.7 cm³/mol. The molecule has 0 unspecified atom stereocenters. The quantitative estimate of drug-likeness (QED) is 0.540. The molecule has 0 aliphatic heterocycles. The summed E-state index contributed by atoms with van der Waals surface area (Å²) in [6.07, 6.45) is 5.40. The Bertz CT molecular complexity index is 66.8. The van der Waals surface area contributed by atoms with Gasteiger partial charge in [-0.1, -0.05) is 13.0 Å². The first kappa shape index (κ1) is 7.54. The zero-order valence-electron chi connectivity index (χ0n) is 6.02. The molecule has 0 spiro atoms. The summed E-state index contributed by atoms with van der Waals surface area (Å²) >= 11 is 0. The van der Waals surface area contributed by atoms with Crippen LogP contribution in [0.5, 0.6) is 0 Å². The third-order valence-electron chi connectivity index (χ3n) is 1.09. The SMILES string of the molecule is CC/C=C\N(C)CC. The van der Waals surface area contributed by atoms with Gasteiger partial charge < -0.3 is 4.90 Å². The van der Waals surface area contributed by atoms with Gasteiger partial charge in [0.1, 0.15) is 0 Å². The van der Waals surface area contributed by atoms with Crippen LogP contribution in [0.2, 0.25) is 0 Å². The Hall–Kier alpha value is -0.460. The maximum atomic E-state index is 2.16. The van der Waals surface area contributed by atoms with Crippen LogP contribution in [0, 0.1) is 0 Å². The van der Waals surface area contributed by atoms with E-state index in [1.165, 1.54) is 0 Å². The second kappa shape index (κ2) is 4.69. The van der Waals surface area contributed by atoms with Crippen molar-refractivity contribution in [2.75, 3.05) is 13.6 Å². The summed E-state index contributed by atoms with van der Waals surface area (Å²) in [5, 5.41) is 0. The van der Waals surface area contributed by atoms with E-state index in [9.17, 15) is 0 Å². The minimum absolute atomic E-state index is 1.09. The maximum Gasteiger partial charge on any atom is 0.0140 e. The lowest BCUT2D eigenvalue weighted by molar-refractivity contribution is 0.482. The molecule has 0 aliphatic rings. The highest BCUT2D eigenvalue weighted by molar-refractivity contribution is 4.77. The van der Waals surface area contributed by atoms with E-state index in [2.05, 4.69) is 38.1 Å². The first-order valence-electron chi connectivity index (χ1n) is 3.18. The van der Waals surface area contributed by atoms with Gasteiger partial charge >= 0.3 is 0 Å². The molecule has 0 aromatic rings. The lowest BCUT2D eigenvalue weighted by Crippen LogP contribution is -2.07. The molecule has 0 aromatic heterocycles. The highest BCUT2D eigenvalue weighted by Crippen LogP contribution is 1.84. The van der Waals surface area contributed by atoms with E-state index in [0.717, 1.165) is 13.0 Å². The Labute approximate surface area is 52.0 Å². The van der Waals surface area contributed by atoms with E-state index in [4.69, 9.17) is 0 Å². The van der Waals surface area contributed by atoms with Crippen molar-refractivity contribution in [3.05, 3.63) is 12.3 Å². The Morgan fingerprint density at radius 3 is 2.38 bits per heavy atom. The summed E-state index contributed by atoms with van der Waals surface area (Å²) in [6.45, 7) is 5.37. The number of hydrogen-bond donors (Lipinski definition) is 0. The van der Waals surface area contributed by atoms with Crippen molar-refractivity contribution in [1.29, 1.82) is 0 Å². The highest BCUT2D eigenvalue weighted by Gasteiger charge is 1.78. The predicted octanol–water partition coefficient (Wildman–Crippen LogP) is 1.86. The molecule has 0 saturated heterocycles. The molecule has 1 heteroatoms. The second-order valence-electron chi connectivity index (χ2n) is 1.87. The Morgan fingerprint density at radius 2 is 2.00 bits per heavy atom. The first-order chi connectivity index (χ1) is 3.81. The fourth-order valence-corrected chi connectivity index (χ4v) is 0.391. The van der Waals surface area contributed by atoms with Crippen LogP contribution in [-0.2, 0) is 0 Å². The molecule has 0 atom stereocenters. The van der Waals surface area contributed by atoms with E-state index < -0.39 is 0 Å². The zero-order chi connectivity index (χ0) is 6.41. The monoisotopic (exact) mass is 113 g/mol. The largest absolute Gasteiger partial charge is 0.381 e. The van der Waals surface area contributed by atoms with Gasteiger partial charge in [-0.05, 0) is 19.5 Å². The maximum absolute atomic E-state index is 2.16. The molecule has 0 aromatic carbocycles. The molecule has 0 amide bonds. The van der Waals surface area contributed by atoms with Crippen molar-refractivity contribution >= 4 is 0 Å². The molecular weight excluding hydrogens is 98.1 g/mol. The van der Waals surface area contributed by atoms with Gasteiger partial charge in [-0.25, -0.2) is 0 Å². The smallest absolute Gasteiger partial charge is 0.0140 e. The fraction of sp³-hybridized carbons (Fsp3) is 0.714. The van der Waals surface area contributed by atoms with Crippen molar-refractivity contribution in [1.82, 2.24) is 4.90 Å². The summed E-state index contributed by atoms with van der Waals surface area (Å²) in [6, 6.07) is 0.